The van der Waals surface area contributed by atoms with Crippen molar-refractivity contribution >= 4 is 22.4 Å². The Labute approximate surface area is 108 Å². The van der Waals surface area contributed by atoms with Gasteiger partial charge in [-0.15, -0.1) is 0 Å². The van der Waals surface area contributed by atoms with E-state index in [2.05, 4.69) is 4.37 Å². The number of phenols is 1. The Morgan fingerprint density at radius 2 is 1.94 bits per heavy atom. The molecule has 3 rings (SSSR count). The fraction of sp³-hybridized carbons (Fsp3) is 0.0714. The standard InChI is InChI=1S/C14H11NO2S/c1-9-12(16)7-4-8-13(9)17-14-10-5-2-3-6-11(10)15-18-14/h2-8,16H,1H3. The summed E-state index contributed by atoms with van der Waals surface area (Å²) >= 11 is 1.32. The Bertz CT molecular complexity index is 706. The van der Waals surface area contributed by atoms with Gasteiger partial charge in [0.15, 0.2) is 0 Å². The van der Waals surface area contributed by atoms with Gasteiger partial charge in [-0.05, 0) is 31.2 Å². The molecule has 0 bridgehead atoms. The van der Waals surface area contributed by atoms with Gasteiger partial charge >= 0.3 is 0 Å². The van der Waals surface area contributed by atoms with Crippen LogP contribution in [0.2, 0.25) is 0 Å². The summed E-state index contributed by atoms with van der Waals surface area (Å²) in [7, 11) is 0. The molecule has 0 atom stereocenters. The monoisotopic (exact) mass is 257 g/mol. The molecule has 0 aliphatic heterocycles. The number of ether oxygens (including phenoxy) is 1. The Hall–Kier alpha value is -2.07. The van der Waals surface area contributed by atoms with E-state index in [9.17, 15) is 5.11 Å². The highest BCUT2D eigenvalue weighted by Crippen LogP contribution is 2.36. The van der Waals surface area contributed by atoms with Crippen LogP contribution < -0.4 is 4.74 Å². The van der Waals surface area contributed by atoms with E-state index in [1.807, 2.05) is 37.3 Å². The molecule has 1 aromatic heterocycles. The maximum atomic E-state index is 9.65. The number of aromatic nitrogens is 1. The van der Waals surface area contributed by atoms with E-state index < -0.39 is 0 Å². The van der Waals surface area contributed by atoms with Crippen LogP contribution in [-0.2, 0) is 0 Å². The number of phenolic OH excluding ortho intramolecular Hbond substituents is 1. The van der Waals surface area contributed by atoms with Gasteiger partial charge in [-0.2, -0.15) is 4.37 Å². The second kappa shape index (κ2) is 4.31. The van der Waals surface area contributed by atoms with Crippen LogP contribution in [0.1, 0.15) is 5.56 Å². The van der Waals surface area contributed by atoms with Gasteiger partial charge in [0, 0.05) is 17.1 Å². The minimum absolute atomic E-state index is 0.237. The Kier molecular flexibility index (Phi) is 2.64. The van der Waals surface area contributed by atoms with Crippen LogP contribution in [-0.4, -0.2) is 9.48 Å². The van der Waals surface area contributed by atoms with Crippen molar-refractivity contribution in [1.29, 1.82) is 0 Å². The molecule has 1 heterocycles. The third kappa shape index (κ3) is 1.80. The lowest BCUT2D eigenvalue weighted by Crippen LogP contribution is -1.85. The summed E-state index contributed by atoms with van der Waals surface area (Å²) in [6.07, 6.45) is 0. The predicted octanol–water partition coefficient (Wildman–Crippen LogP) is 4.10. The second-order valence-electron chi connectivity index (χ2n) is 3.99. The van der Waals surface area contributed by atoms with Crippen LogP contribution in [0.4, 0.5) is 0 Å². The molecule has 0 saturated carbocycles. The van der Waals surface area contributed by atoms with Crippen molar-refractivity contribution in [3.8, 4) is 16.6 Å². The fourth-order valence-corrected chi connectivity index (χ4v) is 2.49. The van der Waals surface area contributed by atoms with E-state index in [-0.39, 0.29) is 5.75 Å². The van der Waals surface area contributed by atoms with Crippen LogP contribution in [0.3, 0.4) is 0 Å². The van der Waals surface area contributed by atoms with Gasteiger partial charge in [0.2, 0.25) is 5.06 Å². The normalized spacial score (nSPS) is 10.7. The summed E-state index contributed by atoms with van der Waals surface area (Å²) in [5, 5.41) is 11.4. The molecule has 4 heteroatoms. The molecule has 0 fully saturated rings. The first kappa shape index (κ1) is 11.0. The number of hydrogen-bond donors (Lipinski definition) is 1. The molecule has 2 aromatic carbocycles. The van der Waals surface area contributed by atoms with Crippen molar-refractivity contribution in [2.75, 3.05) is 0 Å². The molecule has 3 nitrogen and oxygen atoms in total. The van der Waals surface area contributed by atoms with E-state index in [1.54, 1.807) is 12.1 Å². The summed E-state index contributed by atoms with van der Waals surface area (Å²) in [5.41, 5.74) is 1.66. The molecule has 0 amide bonds. The third-order valence-corrected chi connectivity index (χ3v) is 3.57. The maximum Gasteiger partial charge on any atom is 0.207 e. The lowest BCUT2D eigenvalue weighted by molar-refractivity contribution is 0.454. The van der Waals surface area contributed by atoms with Gasteiger partial charge in [-0.1, -0.05) is 18.2 Å². The van der Waals surface area contributed by atoms with Crippen LogP contribution >= 0.6 is 11.5 Å². The van der Waals surface area contributed by atoms with Gasteiger partial charge in [-0.3, -0.25) is 0 Å². The number of fused-ring (bicyclic) bond motifs is 1. The summed E-state index contributed by atoms with van der Waals surface area (Å²) in [6.45, 7) is 1.83. The first-order valence-electron chi connectivity index (χ1n) is 5.56. The first-order valence-corrected chi connectivity index (χ1v) is 6.34. The molecular formula is C14H11NO2S. The maximum absolute atomic E-state index is 9.65. The number of hydrogen-bond acceptors (Lipinski definition) is 4. The fourth-order valence-electron chi connectivity index (χ4n) is 1.75. The number of aromatic hydroxyl groups is 1. The molecule has 3 aromatic rings. The quantitative estimate of drug-likeness (QED) is 0.751. The summed E-state index contributed by atoms with van der Waals surface area (Å²) in [4.78, 5) is 0. The van der Waals surface area contributed by atoms with Crippen LogP contribution in [0.15, 0.2) is 42.5 Å². The molecule has 0 radical (unpaired) electrons. The van der Waals surface area contributed by atoms with Gasteiger partial charge < -0.3 is 9.84 Å². The predicted molar refractivity (Wildman–Crippen MR) is 72.5 cm³/mol. The van der Waals surface area contributed by atoms with Gasteiger partial charge in [0.05, 0.1) is 10.9 Å². The van der Waals surface area contributed by atoms with Crippen molar-refractivity contribution in [3.63, 3.8) is 0 Å². The lowest BCUT2D eigenvalue weighted by Gasteiger charge is -2.07. The van der Waals surface area contributed by atoms with Crippen molar-refractivity contribution in [3.05, 3.63) is 48.0 Å². The molecule has 1 N–H and O–H groups in total. The smallest absolute Gasteiger partial charge is 0.207 e. The minimum atomic E-state index is 0.237. The zero-order valence-electron chi connectivity index (χ0n) is 9.75. The van der Waals surface area contributed by atoms with Crippen molar-refractivity contribution in [2.24, 2.45) is 0 Å². The van der Waals surface area contributed by atoms with Gasteiger partial charge in [0.1, 0.15) is 11.5 Å². The molecule has 90 valence electrons. The molecule has 0 spiro atoms. The number of nitrogens with zero attached hydrogens (tertiary/aromatic N) is 1. The van der Waals surface area contributed by atoms with Crippen molar-refractivity contribution < 1.29 is 9.84 Å². The highest BCUT2D eigenvalue weighted by molar-refractivity contribution is 7.09. The van der Waals surface area contributed by atoms with Crippen molar-refractivity contribution in [2.45, 2.75) is 6.92 Å². The molecule has 0 saturated heterocycles. The average molecular weight is 257 g/mol. The molecular weight excluding hydrogens is 246 g/mol. The van der Waals surface area contributed by atoms with Crippen molar-refractivity contribution in [1.82, 2.24) is 4.37 Å². The Balaban J connectivity index is 2.04. The highest BCUT2D eigenvalue weighted by atomic mass is 32.1. The van der Waals surface area contributed by atoms with E-state index in [0.717, 1.165) is 21.5 Å². The summed E-state index contributed by atoms with van der Waals surface area (Å²) in [5.74, 6) is 0.894. The summed E-state index contributed by atoms with van der Waals surface area (Å²) < 4.78 is 10.2. The highest BCUT2D eigenvalue weighted by Gasteiger charge is 2.10. The topological polar surface area (TPSA) is 42.4 Å². The van der Waals surface area contributed by atoms with Crippen LogP contribution in [0.5, 0.6) is 16.6 Å². The van der Waals surface area contributed by atoms with Gasteiger partial charge in [0.25, 0.3) is 0 Å². The molecule has 0 unspecified atom stereocenters. The first-order chi connectivity index (χ1) is 8.75. The van der Waals surface area contributed by atoms with Gasteiger partial charge in [-0.25, -0.2) is 0 Å². The summed E-state index contributed by atoms with van der Waals surface area (Å²) in [6, 6.07) is 13.1. The van der Waals surface area contributed by atoms with Crippen LogP contribution in [0, 0.1) is 6.92 Å². The zero-order chi connectivity index (χ0) is 12.5. The molecule has 0 aliphatic rings. The molecule has 0 aliphatic carbocycles. The van der Waals surface area contributed by atoms with E-state index in [0.29, 0.717) is 5.75 Å². The number of benzene rings is 2. The van der Waals surface area contributed by atoms with E-state index in [4.69, 9.17) is 4.74 Å². The van der Waals surface area contributed by atoms with E-state index >= 15 is 0 Å². The molecule has 18 heavy (non-hydrogen) atoms. The zero-order valence-corrected chi connectivity index (χ0v) is 10.6. The Morgan fingerprint density at radius 3 is 2.83 bits per heavy atom. The SMILES string of the molecule is Cc1c(O)cccc1Oc1snc2ccccc12. The Morgan fingerprint density at radius 1 is 1.11 bits per heavy atom. The average Bonchev–Trinajstić information content (AvgIpc) is 2.79. The number of rotatable bonds is 2. The lowest BCUT2D eigenvalue weighted by atomic mass is 10.2. The van der Waals surface area contributed by atoms with E-state index in [1.165, 1.54) is 11.5 Å². The third-order valence-electron chi connectivity index (χ3n) is 2.81. The van der Waals surface area contributed by atoms with Crippen LogP contribution in [0.25, 0.3) is 10.9 Å². The second-order valence-corrected chi connectivity index (χ2v) is 4.73. The largest absolute Gasteiger partial charge is 0.508 e. The minimum Gasteiger partial charge on any atom is -0.508 e.